The Labute approximate surface area is 263 Å². The summed E-state index contributed by atoms with van der Waals surface area (Å²) in [5.41, 5.74) is 10.6. The van der Waals surface area contributed by atoms with E-state index in [1.54, 1.807) is 18.0 Å². The Balaban J connectivity index is 1.00. The van der Waals surface area contributed by atoms with Gasteiger partial charge in [0.05, 0.1) is 0 Å². The number of pyridine rings is 1. The zero-order valence-electron chi connectivity index (χ0n) is 24.1. The molecule has 0 aliphatic carbocycles. The second-order valence-electron chi connectivity index (χ2n) is 11.2. The quantitative estimate of drug-likeness (QED) is 0.198. The fourth-order valence-corrected chi connectivity index (χ4v) is 7.14. The van der Waals surface area contributed by atoms with Gasteiger partial charge in [0.25, 0.3) is 0 Å². The Hall–Kier alpha value is -5.58. The summed E-state index contributed by atoms with van der Waals surface area (Å²) < 4.78 is 12.2. The number of aromatic nitrogens is 1. The van der Waals surface area contributed by atoms with Crippen molar-refractivity contribution in [3.05, 3.63) is 152 Å². The van der Waals surface area contributed by atoms with E-state index in [4.69, 9.17) is 8.83 Å². The first-order chi connectivity index (χ1) is 22.2. The molecular weight excluding hydrogens is 571 g/mol. The highest BCUT2D eigenvalue weighted by Gasteiger charge is 2.11. The van der Waals surface area contributed by atoms with E-state index in [-0.39, 0.29) is 0 Å². The number of hydrogen-bond acceptors (Lipinski definition) is 4. The predicted octanol–water partition coefficient (Wildman–Crippen LogP) is 12.0. The summed E-state index contributed by atoms with van der Waals surface area (Å²) in [6.45, 7) is 0. The van der Waals surface area contributed by atoms with Crippen molar-refractivity contribution in [2.24, 2.45) is 0 Å². The molecule has 0 amide bonds. The number of fused-ring (bicyclic) bond motifs is 6. The lowest BCUT2D eigenvalue weighted by molar-refractivity contribution is 0.668. The van der Waals surface area contributed by atoms with Gasteiger partial charge in [-0.25, -0.2) is 0 Å². The van der Waals surface area contributed by atoms with Crippen molar-refractivity contribution in [3.63, 3.8) is 0 Å². The van der Waals surface area contributed by atoms with Crippen LogP contribution in [0.15, 0.2) is 171 Å². The Morgan fingerprint density at radius 2 is 0.956 bits per heavy atom. The smallest absolute Gasteiger partial charge is 0.138 e. The van der Waals surface area contributed by atoms with E-state index in [9.17, 15) is 0 Å². The van der Waals surface area contributed by atoms with Gasteiger partial charge in [-0.15, -0.1) is 0 Å². The lowest BCUT2D eigenvalue weighted by Gasteiger charge is -2.09. The molecule has 0 aliphatic heterocycles. The molecule has 45 heavy (non-hydrogen) atoms. The second-order valence-corrected chi connectivity index (χ2v) is 12.4. The van der Waals surface area contributed by atoms with E-state index >= 15 is 0 Å². The van der Waals surface area contributed by atoms with Crippen molar-refractivity contribution < 1.29 is 8.83 Å². The molecule has 3 heterocycles. The number of furan rings is 2. The summed E-state index contributed by atoms with van der Waals surface area (Å²) in [5, 5.41) is 4.42. The van der Waals surface area contributed by atoms with Gasteiger partial charge < -0.3 is 8.83 Å². The van der Waals surface area contributed by atoms with Gasteiger partial charge in [-0.1, -0.05) is 84.6 Å². The third-order valence-corrected chi connectivity index (χ3v) is 9.40. The van der Waals surface area contributed by atoms with Gasteiger partial charge >= 0.3 is 0 Å². The summed E-state index contributed by atoms with van der Waals surface area (Å²) in [5.74, 6) is 0. The monoisotopic (exact) mass is 595 g/mol. The topological polar surface area (TPSA) is 39.2 Å². The molecule has 4 heteroatoms. The van der Waals surface area contributed by atoms with E-state index in [1.165, 1.54) is 32.0 Å². The van der Waals surface area contributed by atoms with Crippen LogP contribution < -0.4 is 0 Å². The molecule has 212 valence electrons. The van der Waals surface area contributed by atoms with Crippen LogP contribution in [0.2, 0.25) is 0 Å². The summed E-state index contributed by atoms with van der Waals surface area (Å²) in [6.07, 6.45) is 3.64. The first-order valence-electron chi connectivity index (χ1n) is 14.9. The molecule has 9 rings (SSSR count). The molecule has 0 unspecified atom stereocenters. The van der Waals surface area contributed by atoms with Gasteiger partial charge in [-0.3, -0.25) is 4.98 Å². The highest BCUT2D eigenvalue weighted by Crippen LogP contribution is 2.37. The Morgan fingerprint density at radius 1 is 0.378 bits per heavy atom. The molecule has 0 saturated carbocycles. The highest BCUT2D eigenvalue weighted by atomic mass is 32.2. The van der Waals surface area contributed by atoms with Crippen LogP contribution in [0, 0.1) is 0 Å². The minimum absolute atomic E-state index is 0.859. The van der Waals surface area contributed by atoms with Gasteiger partial charge in [0.15, 0.2) is 0 Å². The van der Waals surface area contributed by atoms with Crippen LogP contribution in [0.4, 0.5) is 0 Å². The molecule has 0 fully saturated rings. The van der Waals surface area contributed by atoms with Gasteiger partial charge in [0.1, 0.15) is 22.3 Å². The van der Waals surface area contributed by atoms with Crippen molar-refractivity contribution >= 4 is 55.6 Å². The molecule has 0 spiro atoms. The van der Waals surface area contributed by atoms with Gasteiger partial charge in [0.2, 0.25) is 0 Å². The maximum Gasteiger partial charge on any atom is 0.138 e. The van der Waals surface area contributed by atoms with Crippen LogP contribution in [0.3, 0.4) is 0 Å². The zero-order chi connectivity index (χ0) is 29.7. The number of benzene rings is 6. The minimum Gasteiger partial charge on any atom is -0.456 e. The minimum atomic E-state index is 0.859. The van der Waals surface area contributed by atoms with Crippen LogP contribution in [-0.2, 0) is 0 Å². The molecule has 3 nitrogen and oxygen atoms in total. The third-order valence-electron chi connectivity index (χ3n) is 8.42. The Bertz CT molecular complexity index is 2540. The van der Waals surface area contributed by atoms with Gasteiger partial charge in [-0.2, -0.15) is 0 Å². The van der Waals surface area contributed by atoms with Crippen molar-refractivity contribution in [2.45, 2.75) is 9.79 Å². The normalized spacial score (nSPS) is 11.6. The SMILES string of the molecule is c1cc(Sc2cccc(-c3ccc4c(c3)oc3ccccc34)c2)cc(-c2cccc(-c3ccc4oc5ccncc5c4c3)c2)c1. The zero-order valence-corrected chi connectivity index (χ0v) is 24.9. The average Bonchev–Trinajstić information content (AvgIpc) is 3.66. The molecular formula is C41H25NO2S. The fourth-order valence-electron chi connectivity index (χ4n) is 6.20. The van der Waals surface area contributed by atoms with Crippen LogP contribution >= 0.6 is 11.8 Å². The predicted molar refractivity (Wildman–Crippen MR) is 186 cm³/mol. The van der Waals surface area contributed by atoms with E-state index in [0.29, 0.717) is 0 Å². The van der Waals surface area contributed by atoms with Crippen LogP contribution in [0.5, 0.6) is 0 Å². The molecule has 0 bridgehead atoms. The number of hydrogen-bond donors (Lipinski definition) is 0. The summed E-state index contributed by atoms with van der Waals surface area (Å²) in [6, 6.07) is 49.2. The lowest BCUT2D eigenvalue weighted by Crippen LogP contribution is -1.83. The molecule has 9 aromatic rings. The van der Waals surface area contributed by atoms with Crippen molar-refractivity contribution in [1.82, 2.24) is 4.98 Å². The second kappa shape index (κ2) is 10.5. The molecule has 0 N–H and O–H groups in total. The van der Waals surface area contributed by atoms with Crippen LogP contribution in [0.1, 0.15) is 0 Å². The van der Waals surface area contributed by atoms with Gasteiger partial charge in [-0.05, 0) is 100 Å². The number of rotatable bonds is 5. The molecule has 0 aliphatic rings. The van der Waals surface area contributed by atoms with Gasteiger partial charge in [0, 0.05) is 43.7 Å². The van der Waals surface area contributed by atoms with Crippen LogP contribution in [0.25, 0.3) is 77.3 Å². The summed E-state index contributed by atoms with van der Waals surface area (Å²) in [7, 11) is 0. The first-order valence-corrected chi connectivity index (χ1v) is 15.7. The average molecular weight is 596 g/mol. The van der Waals surface area contributed by atoms with E-state index < -0.39 is 0 Å². The number of nitrogens with zero attached hydrogens (tertiary/aromatic N) is 1. The molecule has 0 saturated heterocycles. The maximum absolute atomic E-state index is 6.15. The largest absolute Gasteiger partial charge is 0.456 e. The third kappa shape index (κ3) is 4.67. The van der Waals surface area contributed by atoms with Crippen molar-refractivity contribution in [3.8, 4) is 33.4 Å². The Morgan fingerprint density at radius 3 is 1.76 bits per heavy atom. The molecule has 6 aromatic carbocycles. The summed E-state index contributed by atoms with van der Waals surface area (Å²) in [4.78, 5) is 6.69. The maximum atomic E-state index is 6.15. The summed E-state index contributed by atoms with van der Waals surface area (Å²) >= 11 is 1.78. The fraction of sp³-hybridized carbons (Fsp3) is 0. The van der Waals surface area contributed by atoms with Crippen molar-refractivity contribution in [1.29, 1.82) is 0 Å². The van der Waals surface area contributed by atoms with E-state index in [1.807, 2.05) is 24.4 Å². The first kappa shape index (κ1) is 25.9. The molecule has 0 atom stereocenters. The van der Waals surface area contributed by atoms with E-state index in [2.05, 4.69) is 126 Å². The van der Waals surface area contributed by atoms with Crippen LogP contribution in [-0.4, -0.2) is 4.98 Å². The standard InChI is InChI=1S/C41H25NO2S/c1-2-13-38-34(12-1)35-16-14-31(24-41(35)44-38)29-9-5-11-33(22-29)45-32-10-4-8-28(21-32)26-6-3-7-27(20-26)30-15-17-39-36(23-30)37-25-42-19-18-40(37)43-39/h1-25H. The highest BCUT2D eigenvalue weighted by molar-refractivity contribution is 7.99. The Kier molecular flexibility index (Phi) is 6.06. The van der Waals surface area contributed by atoms with E-state index in [0.717, 1.165) is 55.0 Å². The van der Waals surface area contributed by atoms with Crippen molar-refractivity contribution in [2.75, 3.05) is 0 Å². The lowest BCUT2D eigenvalue weighted by atomic mass is 9.98. The molecule has 3 aromatic heterocycles. The molecule has 0 radical (unpaired) electrons. The number of para-hydroxylation sites is 1.